The quantitative estimate of drug-likeness (QED) is 0.642. The fourth-order valence-corrected chi connectivity index (χ4v) is 6.90. The standard InChI is InChI=1S/C16H30N2O5S2/c1-3-17(15-10-12-25(22,23)13-15)16(19)9-11-18(24(2,20)21)14-7-5-4-6-8-14/h14-15H,3-13H2,1-2H3. The van der Waals surface area contributed by atoms with Gasteiger partial charge in [0.25, 0.3) is 0 Å². The van der Waals surface area contributed by atoms with Gasteiger partial charge in [-0.3, -0.25) is 4.79 Å². The zero-order chi connectivity index (χ0) is 18.7. The van der Waals surface area contributed by atoms with E-state index in [0.717, 1.165) is 32.1 Å². The zero-order valence-corrected chi connectivity index (χ0v) is 16.8. The van der Waals surface area contributed by atoms with E-state index in [9.17, 15) is 21.6 Å². The van der Waals surface area contributed by atoms with Crippen LogP contribution in [0.2, 0.25) is 0 Å². The maximum Gasteiger partial charge on any atom is 0.224 e. The number of sulfone groups is 1. The van der Waals surface area contributed by atoms with E-state index in [1.165, 1.54) is 10.6 Å². The van der Waals surface area contributed by atoms with Gasteiger partial charge in [0.2, 0.25) is 15.9 Å². The van der Waals surface area contributed by atoms with Crippen LogP contribution in [-0.2, 0) is 24.7 Å². The van der Waals surface area contributed by atoms with Crippen LogP contribution in [0.25, 0.3) is 0 Å². The molecule has 1 saturated carbocycles. The van der Waals surface area contributed by atoms with E-state index < -0.39 is 19.9 Å². The van der Waals surface area contributed by atoms with Crippen molar-refractivity contribution in [3.8, 4) is 0 Å². The van der Waals surface area contributed by atoms with Gasteiger partial charge < -0.3 is 4.90 Å². The van der Waals surface area contributed by atoms with Gasteiger partial charge in [0.15, 0.2) is 9.84 Å². The summed E-state index contributed by atoms with van der Waals surface area (Å²) in [6, 6.07) is -0.289. The van der Waals surface area contributed by atoms with Gasteiger partial charge >= 0.3 is 0 Å². The number of sulfonamides is 1. The third-order valence-corrected chi connectivity index (χ3v) is 8.35. The molecule has 2 aliphatic rings. The molecule has 1 aliphatic heterocycles. The third-order valence-electron chi connectivity index (χ3n) is 5.26. The molecule has 1 unspecified atom stereocenters. The summed E-state index contributed by atoms with van der Waals surface area (Å²) in [4.78, 5) is 14.2. The van der Waals surface area contributed by atoms with E-state index in [2.05, 4.69) is 0 Å². The van der Waals surface area contributed by atoms with E-state index in [4.69, 9.17) is 0 Å². The fourth-order valence-electron chi connectivity index (χ4n) is 4.00. The smallest absolute Gasteiger partial charge is 0.224 e. The summed E-state index contributed by atoms with van der Waals surface area (Å²) in [5, 5.41) is 0. The van der Waals surface area contributed by atoms with Crippen molar-refractivity contribution >= 4 is 25.8 Å². The van der Waals surface area contributed by atoms with Gasteiger partial charge in [0.1, 0.15) is 0 Å². The average molecular weight is 395 g/mol. The van der Waals surface area contributed by atoms with Crippen LogP contribution in [0.5, 0.6) is 0 Å². The van der Waals surface area contributed by atoms with Gasteiger partial charge in [0.05, 0.1) is 17.8 Å². The summed E-state index contributed by atoms with van der Waals surface area (Å²) in [5.41, 5.74) is 0. The summed E-state index contributed by atoms with van der Waals surface area (Å²) < 4.78 is 49.1. The molecule has 0 aromatic carbocycles. The van der Waals surface area contributed by atoms with E-state index in [-0.39, 0.29) is 42.5 Å². The topological polar surface area (TPSA) is 91.8 Å². The summed E-state index contributed by atoms with van der Waals surface area (Å²) >= 11 is 0. The van der Waals surface area contributed by atoms with Crippen LogP contribution < -0.4 is 0 Å². The SMILES string of the molecule is CCN(C(=O)CCN(C1CCCCC1)S(C)(=O)=O)C1CCS(=O)(=O)C1. The minimum atomic E-state index is -3.36. The average Bonchev–Trinajstić information content (AvgIpc) is 2.88. The summed E-state index contributed by atoms with van der Waals surface area (Å²) in [5.74, 6) is -0.0154. The van der Waals surface area contributed by atoms with Gasteiger partial charge in [-0.2, -0.15) is 4.31 Å². The van der Waals surface area contributed by atoms with Crippen LogP contribution in [0.4, 0.5) is 0 Å². The molecule has 0 aromatic heterocycles. The predicted octanol–water partition coefficient (Wildman–Crippen LogP) is 1.01. The second-order valence-corrected chi connectivity index (χ2v) is 11.3. The molecule has 146 valence electrons. The Kier molecular flexibility index (Phi) is 6.89. The molecule has 0 bridgehead atoms. The molecule has 2 fully saturated rings. The van der Waals surface area contributed by atoms with Gasteiger partial charge in [-0.05, 0) is 26.2 Å². The molecule has 0 N–H and O–H groups in total. The lowest BCUT2D eigenvalue weighted by atomic mass is 9.95. The van der Waals surface area contributed by atoms with Gasteiger partial charge in [-0.25, -0.2) is 16.8 Å². The van der Waals surface area contributed by atoms with E-state index in [1.54, 1.807) is 4.90 Å². The largest absolute Gasteiger partial charge is 0.339 e. The highest BCUT2D eigenvalue weighted by Crippen LogP contribution is 2.25. The molecule has 2 rings (SSSR count). The van der Waals surface area contributed by atoms with E-state index in [0.29, 0.717) is 13.0 Å². The van der Waals surface area contributed by atoms with Crippen LogP contribution in [0.1, 0.15) is 51.9 Å². The Bertz CT molecular complexity index is 669. The first-order valence-corrected chi connectivity index (χ1v) is 12.8. The Morgan fingerprint density at radius 1 is 1.08 bits per heavy atom. The first-order chi connectivity index (χ1) is 11.6. The van der Waals surface area contributed by atoms with E-state index >= 15 is 0 Å². The van der Waals surface area contributed by atoms with Crippen molar-refractivity contribution in [2.75, 3.05) is 30.9 Å². The number of carbonyl (C=O) groups excluding carboxylic acids is 1. The molecule has 1 heterocycles. The minimum Gasteiger partial charge on any atom is -0.339 e. The van der Waals surface area contributed by atoms with Crippen molar-refractivity contribution in [3.63, 3.8) is 0 Å². The van der Waals surface area contributed by atoms with Crippen LogP contribution in [0.15, 0.2) is 0 Å². The Morgan fingerprint density at radius 3 is 2.20 bits per heavy atom. The lowest BCUT2D eigenvalue weighted by Crippen LogP contribution is -2.45. The predicted molar refractivity (Wildman–Crippen MR) is 97.5 cm³/mol. The van der Waals surface area contributed by atoms with Crippen LogP contribution in [0.3, 0.4) is 0 Å². The summed E-state index contributed by atoms with van der Waals surface area (Å²) in [6.07, 6.45) is 6.64. The number of rotatable bonds is 7. The molecular weight excluding hydrogens is 364 g/mol. The molecule has 7 nitrogen and oxygen atoms in total. The van der Waals surface area contributed by atoms with Crippen molar-refractivity contribution in [2.24, 2.45) is 0 Å². The Morgan fingerprint density at radius 2 is 1.72 bits per heavy atom. The molecular formula is C16H30N2O5S2. The van der Waals surface area contributed by atoms with Crippen molar-refractivity contribution in [2.45, 2.75) is 64.0 Å². The molecule has 25 heavy (non-hydrogen) atoms. The van der Waals surface area contributed by atoms with Gasteiger partial charge in [-0.1, -0.05) is 19.3 Å². The molecule has 9 heteroatoms. The van der Waals surface area contributed by atoms with Gasteiger partial charge in [-0.15, -0.1) is 0 Å². The number of nitrogens with zero attached hydrogens (tertiary/aromatic N) is 2. The zero-order valence-electron chi connectivity index (χ0n) is 15.2. The minimum absolute atomic E-state index is 0.0153. The summed E-state index contributed by atoms with van der Waals surface area (Å²) in [7, 11) is -6.42. The van der Waals surface area contributed by atoms with Crippen LogP contribution in [-0.4, -0.2) is 74.9 Å². The Hall–Kier alpha value is -0.670. The third kappa shape index (κ3) is 5.65. The maximum absolute atomic E-state index is 12.6. The molecule has 1 amide bonds. The molecule has 1 atom stereocenters. The molecule has 1 saturated heterocycles. The Labute approximate surface area is 151 Å². The van der Waals surface area contributed by atoms with Crippen LogP contribution >= 0.6 is 0 Å². The number of amides is 1. The van der Waals surface area contributed by atoms with Gasteiger partial charge in [0, 0.05) is 31.6 Å². The van der Waals surface area contributed by atoms with Crippen molar-refractivity contribution < 1.29 is 21.6 Å². The monoisotopic (exact) mass is 394 g/mol. The van der Waals surface area contributed by atoms with Crippen molar-refractivity contribution in [1.29, 1.82) is 0 Å². The van der Waals surface area contributed by atoms with Crippen LogP contribution in [0, 0.1) is 0 Å². The first kappa shape index (κ1) is 20.6. The second-order valence-electron chi connectivity index (χ2n) is 7.15. The Balaban J connectivity index is 1.99. The number of hydrogen-bond donors (Lipinski definition) is 0. The highest BCUT2D eigenvalue weighted by molar-refractivity contribution is 7.91. The number of hydrogen-bond acceptors (Lipinski definition) is 5. The normalized spacial score (nSPS) is 24.5. The number of carbonyl (C=O) groups is 1. The first-order valence-electron chi connectivity index (χ1n) is 9.11. The molecule has 1 aliphatic carbocycles. The maximum atomic E-state index is 12.6. The van der Waals surface area contributed by atoms with E-state index in [1.807, 2.05) is 6.92 Å². The lowest BCUT2D eigenvalue weighted by Gasteiger charge is -2.33. The molecule has 0 aromatic rings. The highest BCUT2D eigenvalue weighted by atomic mass is 32.2. The highest BCUT2D eigenvalue weighted by Gasteiger charge is 2.35. The second kappa shape index (κ2) is 8.35. The lowest BCUT2D eigenvalue weighted by molar-refractivity contribution is -0.133. The summed E-state index contributed by atoms with van der Waals surface area (Å²) in [6.45, 7) is 2.46. The van der Waals surface area contributed by atoms with Crippen molar-refractivity contribution in [3.05, 3.63) is 0 Å². The molecule has 0 spiro atoms. The van der Waals surface area contributed by atoms with Crippen molar-refractivity contribution in [1.82, 2.24) is 9.21 Å². The fraction of sp³-hybridized carbons (Fsp3) is 0.938. The molecule has 0 radical (unpaired) electrons.